The number of nitrogens with one attached hydrogen (secondary N) is 1. The first kappa shape index (κ1) is 17.1. The SMILES string of the molecule is O=C(Nc1cccc(Cl)c1Br)C(C(F)(F)F)C(F)(F)F. The third-order valence-corrected chi connectivity index (χ3v) is 3.52. The van der Waals surface area contributed by atoms with E-state index < -0.39 is 24.2 Å². The van der Waals surface area contributed by atoms with Gasteiger partial charge in [0.25, 0.3) is 0 Å². The molecule has 0 saturated heterocycles. The molecule has 1 rings (SSSR count). The minimum atomic E-state index is -5.74. The van der Waals surface area contributed by atoms with Gasteiger partial charge in [-0.2, -0.15) is 26.3 Å². The number of alkyl halides is 6. The molecule has 1 aromatic rings. The summed E-state index contributed by atoms with van der Waals surface area (Å²) in [6, 6.07) is 3.71. The number of carbonyl (C=O) groups is 1. The molecule has 0 saturated carbocycles. The molecule has 0 bridgehead atoms. The zero-order valence-corrected chi connectivity index (χ0v) is 11.6. The molecule has 0 aromatic heterocycles. The first-order valence-electron chi connectivity index (χ1n) is 4.83. The Morgan fingerprint density at radius 1 is 1.15 bits per heavy atom. The molecule has 1 aromatic carbocycles. The van der Waals surface area contributed by atoms with E-state index in [1.54, 1.807) is 5.32 Å². The number of hydrogen-bond acceptors (Lipinski definition) is 1. The van der Waals surface area contributed by atoms with Crippen LogP contribution in [-0.2, 0) is 4.79 Å². The van der Waals surface area contributed by atoms with Gasteiger partial charge in [-0.3, -0.25) is 4.79 Å². The van der Waals surface area contributed by atoms with E-state index in [9.17, 15) is 31.1 Å². The van der Waals surface area contributed by atoms with Gasteiger partial charge in [-0.1, -0.05) is 17.7 Å². The number of benzene rings is 1. The molecule has 0 aliphatic rings. The van der Waals surface area contributed by atoms with Gasteiger partial charge in [-0.15, -0.1) is 0 Å². The van der Waals surface area contributed by atoms with Crippen molar-refractivity contribution in [2.75, 3.05) is 5.32 Å². The van der Waals surface area contributed by atoms with Crippen LogP contribution >= 0.6 is 27.5 Å². The largest absolute Gasteiger partial charge is 0.409 e. The van der Waals surface area contributed by atoms with Gasteiger partial charge in [0.15, 0.2) is 0 Å². The van der Waals surface area contributed by atoms with Crippen LogP contribution in [0.15, 0.2) is 22.7 Å². The van der Waals surface area contributed by atoms with Crippen LogP contribution in [0.25, 0.3) is 0 Å². The molecule has 10 heteroatoms. The maximum atomic E-state index is 12.3. The highest BCUT2D eigenvalue weighted by Gasteiger charge is 2.61. The Hall–Kier alpha value is -0.960. The quantitative estimate of drug-likeness (QED) is 0.731. The zero-order chi connectivity index (χ0) is 15.7. The Kier molecular flexibility index (Phi) is 4.96. The maximum Gasteiger partial charge on any atom is 0.409 e. The average Bonchev–Trinajstić information content (AvgIpc) is 2.20. The number of hydrogen-bond donors (Lipinski definition) is 1. The van der Waals surface area contributed by atoms with Gasteiger partial charge in [-0.05, 0) is 28.1 Å². The van der Waals surface area contributed by atoms with E-state index in [4.69, 9.17) is 11.6 Å². The molecule has 0 atom stereocenters. The normalized spacial score (nSPS) is 12.7. The minimum absolute atomic E-state index is 0.0156. The molecule has 0 fully saturated rings. The fourth-order valence-electron chi connectivity index (χ4n) is 1.29. The van der Waals surface area contributed by atoms with Crippen molar-refractivity contribution in [3.05, 3.63) is 27.7 Å². The summed E-state index contributed by atoms with van der Waals surface area (Å²) in [6.45, 7) is 0. The standard InChI is InChI=1S/C10H5BrClF6NO/c11-6-4(12)2-1-3-5(6)19-8(20)7(9(13,14)15)10(16,17)18/h1-3,7H,(H,19,20). The lowest BCUT2D eigenvalue weighted by atomic mass is 10.1. The summed E-state index contributed by atoms with van der Waals surface area (Å²) >= 11 is 8.46. The van der Waals surface area contributed by atoms with E-state index in [0.717, 1.165) is 6.07 Å². The summed E-state index contributed by atoms with van der Waals surface area (Å²) in [5.41, 5.74) is -0.291. The Morgan fingerprint density at radius 2 is 1.65 bits per heavy atom. The fraction of sp³-hybridized carbons (Fsp3) is 0.300. The predicted molar refractivity (Wildman–Crippen MR) is 63.4 cm³/mol. The Labute approximate surface area is 122 Å². The number of amides is 1. The minimum Gasteiger partial charge on any atom is -0.324 e. The van der Waals surface area contributed by atoms with Crippen molar-refractivity contribution in [3.8, 4) is 0 Å². The van der Waals surface area contributed by atoms with E-state index in [0.29, 0.717) is 0 Å². The smallest absolute Gasteiger partial charge is 0.324 e. The van der Waals surface area contributed by atoms with Crippen LogP contribution in [0.4, 0.5) is 32.0 Å². The van der Waals surface area contributed by atoms with Crippen molar-refractivity contribution < 1.29 is 31.1 Å². The molecule has 0 radical (unpaired) electrons. The van der Waals surface area contributed by atoms with Crippen LogP contribution in [0.5, 0.6) is 0 Å². The van der Waals surface area contributed by atoms with Gasteiger partial charge in [0, 0.05) is 0 Å². The van der Waals surface area contributed by atoms with Crippen molar-refractivity contribution in [1.82, 2.24) is 0 Å². The van der Waals surface area contributed by atoms with Crippen molar-refractivity contribution in [2.45, 2.75) is 12.4 Å². The van der Waals surface area contributed by atoms with E-state index in [1.807, 2.05) is 0 Å². The van der Waals surface area contributed by atoms with Gasteiger partial charge in [0.2, 0.25) is 11.8 Å². The lowest BCUT2D eigenvalue weighted by molar-refractivity contribution is -0.272. The molecular weight excluding hydrogens is 379 g/mol. The fourth-order valence-corrected chi connectivity index (χ4v) is 1.83. The second-order valence-electron chi connectivity index (χ2n) is 3.61. The predicted octanol–water partition coefficient (Wildman–Crippen LogP) is 4.78. The highest BCUT2D eigenvalue weighted by atomic mass is 79.9. The maximum absolute atomic E-state index is 12.3. The lowest BCUT2D eigenvalue weighted by Crippen LogP contribution is -2.45. The van der Waals surface area contributed by atoms with Crippen LogP contribution in [0.3, 0.4) is 0 Å². The third kappa shape index (κ3) is 4.02. The molecule has 0 spiro atoms. The number of rotatable bonds is 2. The topological polar surface area (TPSA) is 29.1 Å². The highest BCUT2D eigenvalue weighted by Crippen LogP contribution is 2.40. The van der Waals surface area contributed by atoms with E-state index >= 15 is 0 Å². The van der Waals surface area contributed by atoms with Crippen LogP contribution < -0.4 is 5.32 Å². The van der Waals surface area contributed by atoms with Crippen molar-refractivity contribution in [2.24, 2.45) is 5.92 Å². The molecular formula is C10H5BrClF6NO. The summed E-state index contributed by atoms with van der Waals surface area (Å²) in [7, 11) is 0. The van der Waals surface area contributed by atoms with Crippen molar-refractivity contribution in [3.63, 3.8) is 0 Å². The van der Waals surface area contributed by atoms with E-state index in [2.05, 4.69) is 15.9 Å². The second kappa shape index (κ2) is 5.80. The van der Waals surface area contributed by atoms with Crippen molar-refractivity contribution >= 4 is 39.1 Å². The highest BCUT2D eigenvalue weighted by molar-refractivity contribution is 9.10. The number of halogens is 8. The molecule has 1 N–H and O–H groups in total. The average molecular weight is 385 g/mol. The second-order valence-corrected chi connectivity index (χ2v) is 4.81. The van der Waals surface area contributed by atoms with Gasteiger partial charge >= 0.3 is 12.4 Å². The molecule has 0 unspecified atom stereocenters. The molecule has 2 nitrogen and oxygen atoms in total. The van der Waals surface area contributed by atoms with Crippen LogP contribution in [0.1, 0.15) is 0 Å². The lowest BCUT2D eigenvalue weighted by Gasteiger charge is -2.22. The molecule has 0 aliphatic carbocycles. The summed E-state index contributed by atoms with van der Waals surface area (Å²) < 4.78 is 74.0. The summed E-state index contributed by atoms with van der Waals surface area (Å²) in [6.07, 6.45) is -11.5. The molecule has 112 valence electrons. The number of anilines is 1. The Balaban J connectivity index is 3.07. The summed E-state index contributed by atoms with van der Waals surface area (Å²) in [5.74, 6) is -6.34. The Bertz CT molecular complexity index is 501. The summed E-state index contributed by atoms with van der Waals surface area (Å²) in [4.78, 5) is 11.3. The zero-order valence-electron chi connectivity index (χ0n) is 9.24. The first-order valence-corrected chi connectivity index (χ1v) is 6.00. The third-order valence-electron chi connectivity index (χ3n) is 2.13. The van der Waals surface area contributed by atoms with Gasteiger partial charge in [0.05, 0.1) is 15.2 Å². The summed E-state index contributed by atoms with van der Waals surface area (Å²) in [5, 5.41) is 1.58. The van der Waals surface area contributed by atoms with Gasteiger partial charge < -0.3 is 5.32 Å². The van der Waals surface area contributed by atoms with Crippen LogP contribution in [0, 0.1) is 5.92 Å². The molecule has 20 heavy (non-hydrogen) atoms. The van der Waals surface area contributed by atoms with Crippen LogP contribution in [-0.4, -0.2) is 18.3 Å². The first-order chi connectivity index (χ1) is 8.94. The van der Waals surface area contributed by atoms with E-state index in [-0.39, 0.29) is 15.2 Å². The molecule has 0 aliphatic heterocycles. The van der Waals surface area contributed by atoms with Gasteiger partial charge in [-0.25, -0.2) is 0 Å². The van der Waals surface area contributed by atoms with E-state index in [1.165, 1.54) is 12.1 Å². The monoisotopic (exact) mass is 383 g/mol. The molecule has 0 heterocycles. The van der Waals surface area contributed by atoms with Crippen LogP contribution in [0.2, 0.25) is 5.02 Å². The number of carbonyl (C=O) groups excluding carboxylic acids is 1. The van der Waals surface area contributed by atoms with Gasteiger partial charge in [0.1, 0.15) is 0 Å². The molecule has 1 amide bonds. The van der Waals surface area contributed by atoms with Crippen molar-refractivity contribution in [1.29, 1.82) is 0 Å². The Morgan fingerprint density at radius 3 is 2.10 bits per heavy atom.